The van der Waals surface area contributed by atoms with Gasteiger partial charge in [0, 0.05) is 37.0 Å². The van der Waals surface area contributed by atoms with E-state index in [-0.39, 0.29) is 24.5 Å². The van der Waals surface area contributed by atoms with Gasteiger partial charge in [0.25, 0.3) is 10.0 Å². The number of hydrogen-bond donors (Lipinski definition) is 4. The minimum atomic E-state index is -4.49. The maximum Gasteiger partial charge on any atom is 0.264 e. The Kier molecular flexibility index (Phi) is 10.1. The summed E-state index contributed by atoms with van der Waals surface area (Å²) < 4.78 is 69.6. The van der Waals surface area contributed by atoms with Crippen LogP contribution in [0.25, 0.3) is 0 Å². The van der Waals surface area contributed by atoms with Crippen LogP contribution in [0.5, 0.6) is 0 Å². The predicted molar refractivity (Wildman–Crippen MR) is 155 cm³/mol. The lowest BCUT2D eigenvalue weighted by Crippen LogP contribution is -3.19. The summed E-state index contributed by atoms with van der Waals surface area (Å²) in [5.41, 5.74) is 7.67. The topological polar surface area (TPSA) is 106 Å². The van der Waals surface area contributed by atoms with Gasteiger partial charge < -0.3 is 10.6 Å². The van der Waals surface area contributed by atoms with Gasteiger partial charge in [-0.1, -0.05) is 17.3 Å². The Morgan fingerprint density at radius 2 is 1.95 bits per heavy atom. The number of alkyl halides is 1. The number of piperidine rings is 1. The molecule has 0 saturated carbocycles. The smallest absolute Gasteiger partial charge is 0.264 e. The molecule has 3 atom stereocenters. The van der Waals surface area contributed by atoms with E-state index in [0.29, 0.717) is 36.8 Å². The van der Waals surface area contributed by atoms with Crippen LogP contribution in [0.3, 0.4) is 0 Å². The zero-order valence-electron chi connectivity index (χ0n) is 23.8. The number of nitrogens with zero attached hydrogens (tertiary/aromatic N) is 2. The second kappa shape index (κ2) is 13.3. The van der Waals surface area contributed by atoms with E-state index in [1.165, 1.54) is 13.0 Å². The lowest BCUT2D eigenvalue weighted by molar-refractivity contribution is -0.950. The van der Waals surface area contributed by atoms with Crippen LogP contribution in [0.2, 0.25) is 0 Å². The normalized spacial score (nSPS) is 28.5. The summed E-state index contributed by atoms with van der Waals surface area (Å²) >= 11 is 0. The highest BCUT2D eigenvalue weighted by Gasteiger charge is 2.36. The molecule has 8 nitrogen and oxygen atoms in total. The third-order valence-corrected chi connectivity index (χ3v) is 9.39. The van der Waals surface area contributed by atoms with E-state index in [1.54, 1.807) is 17.1 Å². The van der Waals surface area contributed by atoms with Crippen molar-refractivity contribution < 1.29 is 31.5 Å². The number of likely N-dealkylation sites (tertiary alicyclic amines) is 1. The highest BCUT2D eigenvalue weighted by atomic mass is 32.2. The summed E-state index contributed by atoms with van der Waals surface area (Å²) in [6, 6.07) is 0.981. The second-order valence-corrected chi connectivity index (χ2v) is 12.9. The molecule has 0 radical (unpaired) electrons. The predicted octanol–water partition coefficient (Wildman–Crippen LogP) is 2.41. The number of rotatable bonds is 10. The maximum absolute atomic E-state index is 14.3. The molecule has 0 aromatic rings. The first kappa shape index (κ1) is 31.0. The van der Waals surface area contributed by atoms with Gasteiger partial charge in [0.05, 0.1) is 37.7 Å². The third kappa shape index (κ3) is 7.87. The van der Waals surface area contributed by atoms with Gasteiger partial charge in [-0.15, -0.1) is 0 Å². The van der Waals surface area contributed by atoms with Crippen LogP contribution in [-0.4, -0.2) is 51.7 Å². The fourth-order valence-electron chi connectivity index (χ4n) is 5.53. The summed E-state index contributed by atoms with van der Waals surface area (Å²) in [4.78, 5) is 4.97. The lowest BCUT2D eigenvalue weighted by Gasteiger charge is -2.31. The highest BCUT2D eigenvalue weighted by Crippen LogP contribution is 2.29. The average Bonchev–Trinajstić information content (AvgIpc) is 3.35. The van der Waals surface area contributed by atoms with Crippen LogP contribution in [0.1, 0.15) is 59.3 Å². The van der Waals surface area contributed by atoms with Crippen LogP contribution in [0.4, 0.5) is 13.2 Å². The minimum absolute atomic E-state index is 0.0504. The maximum atomic E-state index is 14.3. The van der Waals surface area contributed by atoms with E-state index >= 15 is 0 Å². The third-order valence-electron chi connectivity index (χ3n) is 7.97. The Morgan fingerprint density at radius 1 is 1.22 bits per heavy atom. The Morgan fingerprint density at radius 3 is 2.61 bits per heavy atom. The van der Waals surface area contributed by atoms with Crippen LogP contribution < -0.4 is 20.4 Å². The van der Waals surface area contributed by atoms with E-state index < -0.39 is 32.8 Å². The molecule has 0 amide bonds. The molecule has 1 saturated heterocycles. The zero-order chi connectivity index (χ0) is 29.7. The molecule has 12 heteroatoms. The van der Waals surface area contributed by atoms with Crippen molar-refractivity contribution in [2.24, 2.45) is 21.7 Å². The molecule has 1 fully saturated rings. The molecule has 1 aliphatic carbocycles. The Bertz CT molecular complexity index is 1350. The number of hydrogen-bond acceptors (Lipinski definition) is 5. The Balaban J connectivity index is 1.49. The molecule has 0 bridgehead atoms. The first-order valence-electron chi connectivity index (χ1n) is 14.2. The van der Waals surface area contributed by atoms with Gasteiger partial charge in [0.1, 0.15) is 46.5 Å². The van der Waals surface area contributed by atoms with Crippen molar-refractivity contribution in [3.8, 4) is 0 Å². The number of quaternary nitrogens is 2. The van der Waals surface area contributed by atoms with Gasteiger partial charge in [-0.3, -0.25) is 4.72 Å². The molecule has 4 aliphatic rings. The molecule has 3 heterocycles. The molecule has 5 N–H and O–H groups in total. The summed E-state index contributed by atoms with van der Waals surface area (Å²) in [7, 11) is -4.49. The molecule has 4 rings (SSSR count). The molecule has 0 spiro atoms. The number of nitrogens with one attached hydrogen (secondary N) is 3. The Labute approximate surface area is 240 Å². The van der Waals surface area contributed by atoms with Crippen molar-refractivity contribution in [2.75, 3.05) is 13.1 Å². The second-order valence-electron chi connectivity index (χ2n) is 11.3. The molecule has 3 unspecified atom stereocenters. The van der Waals surface area contributed by atoms with Gasteiger partial charge in [-0.05, 0) is 45.4 Å². The van der Waals surface area contributed by atoms with Crippen molar-refractivity contribution >= 4 is 21.9 Å². The van der Waals surface area contributed by atoms with Crippen LogP contribution in [0.15, 0.2) is 80.3 Å². The van der Waals surface area contributed by atoms with Gasteiger partial charge in [-0.25, -0.2) is 26.6 Å². The fourth-order valence-corrected chi connectivity index (χ4v) is 6.86. The largest absolute Gasteiger partial charge is 0.384 e. The fraction of sp³-hybridized carbons (Fsp3) is 0.517. The zero-order valence-corrected chi connectivity index (χ0v) is 24.7. The van der Waals surface area contributed by atoms with Gasteiger partial charge in [0.15, 0.2) is 0 Å². The molecule has 0 aromatic carbocycles. The number of sulfonamides is 1. The van der Waals surface area contributed by atoms with E-state index in [2.05, 4.69) is 29.8 Å². The van der Waals surface area contributed by atoms with E-state index in [1.807, 2.05) is 12.3 Å². The summed E-state index contributed by atoms with van der Waals surface area (Å²) in [5, 5.41) is 6.09. The minimum Gasteiger partial charge on any atom is -0.384 e. The quantitative estimate of drug-likeness (QED) is 0.292. The van der Waals surface area contributed by atoms with Crippen LogP contribution in [-0.2, 0) is 10.0 Å². The standard InChI is InChI=1S/C29H39F3N6O2S/c1-19(2)37-14-11-23(12-15-37)38-18-24(21-10-13-34-29(33)16-21)27(35-38)7-5-4-6-26(20(3)30)36-41(39,40)28-17-22(31)8-9-25(28)32/h4-6,13,16-21,23,36H,7-12,14-15,33H2,1-3H3/p+2/b5-4-,26-6+. The molecule has 0 aromatic heterocycles. The van der Waals surface area contributed by atoms with Gasteiger partial charge >= 0.3 is 0 Å². The number of aliphatic imine (C=N–C) groups is 1. The van der Waals surface area contributed by atoms with Crippen molar-refractivity contribution in [3.63, 3.8) is 0 Å². The van der Waals surface area contributed by atoms with Gasteiger partial charge in [0.2, 0.25) is 0 Å². The van der Waals surface area contributed by atoms with E-state index in [4.69, 9.17) is 10.8 Å². The molecule has 224 valence electrons. The first-order valence-corrected chi connectivity index (χ1v) is 15.7. The summed E-state index contributed by atoms with van der Waals surface area (Å²) in [5.74, 6) is -1.18. The summed E-state index contributed by atoms with van der Waals surface area (Å²) in [6.07, 6.45) is 12.2. The molecule has 41 heavy (non-hydrogen) atoms. The monoisotopic (exact) mass is 594 g/mol. The number of halogens is 3. The lowest BCUT2D eigenvalue weighted by atomic mass is 9.90. The number of allylic oxidation sites excluding steroid dienone is 9. The SMILES string of the molecule is CC(F)/C(=C\C=C/CC1=N[NH+](C2CC[NH+](C(C)C)CC2)C=C1C1C=C(N)N=CC1)NS(=O)(=O)C1=C(F)CCC(F)=C1. The average molecular weight is 595 g/mol. The van der Waals surface area contributed by atoms with E-state index in [0.717, 1.165) is 42.2 Å². The molecular formula is C29H41F3N6O2S+2. The van der Waals surface area contributed by atoms with Crippen molar-refractivity contribution in [3.05, 3.63) is 70.2 Å². The van der Waals surface area contributed by atoms with Crippen LogP contribution in [0, 0.1) is 5.92 Å². The summed E-state index contributed by atoms with van der Waals surface area (Å²) in [6.45, 7) is 7.88. The van der Waals surface area contributed by atoms with Crippen molar-refractivity contribution in [1.29, 1.82) is 0 Å². The molecule has 3 aliphatic heterocycles. The van der Waals surface area contributed by atoms with Crippen LogP contribution >= 0.6 is 0 Å². The van der Waals surface area contributed by atoms with E-state index in [9.17, 15) is 21.6 Å². The number of nitrogens with two attached hydrogens (primary N) is 1. The van der Waals surface area contributed by atoms with Gasteiger partial charge in [-0.2, -0.15) is 5.01 Å². The first-order chi connectivity index (χ1) is 19.4. The molecular weight excluding hydrogens is 553 g/mol. The highest BCUT2D eigenvalue weighted by molar-refractivity contribution is 7.93. The Hall–Kier alpha value is -2.96. The van der Waals surface area contributed by atoms with Crippen molar-refractivity contribution in [1.82, 2.24) is 4.72 Å². The van der Waals surface area contributed by atoms with Crippen molar-refractivity contribution in [2.45, 2.75) is 77.6 Å².